The van der Waals surface area contributed by atoms with E-state index in [9.17, 15) is 0 Å². The number of aliphatic hydroxyl groups is 1. The van der Waals surface area contributed by atoms with Gasteiger partial charge in [-0.3, -0.25) is 4.90 Å². The fraction of sp³-hybridized carbons (Fsp3) is 0.444. The number of aromatic nitrogens is 2. The molecule has 0 aliphatic carbocycles. The number of piperazine rings is 1. The van der Waals surface area contributed by atoms with E-state index in [1.54, 1.807) is 6.33 Å². The number of nitrogen functional groups attached to an aromatic ring is 1. The second kappa shape index (κ2) is 8.13. The molecule has 0 spiro atoms. The minimum Gasteiger partial charge on any atom is -0.395 e. The molecule has 1 saturated heterocycles. The van der Waals surface area contributed by atoms with Crippen molar-refractivity contribution < 1.29 is 5.11 Å². The highest BCUT2D eigenvalue weighted by Gasteiger charge is 2.21. The molecule has 0 radical (unpaired) electrons. The molecular formula is C18H26N6O. The molecule has 0 amide bonds. The third-order valence-corrected chi connectivity index (χ3v) is 4.55. The van der Waals surface area contributed by atoms with Crippen LogP contribution in [0.2, 0.25) is 0 Å². The average Bonchev–Trinajstić information content (AvgIpc) is 2.64. The van der Waals surface area contributed by atoms with Crippen molar-refractivity contribution in [3.05, 3.63) is 42.2 Å². The van der Waals surface area contributed by atoms with Crippen LogP contribution in [-0.2, 0) is 6.54 Å². The second-order valence-corrected chi connectivity index (χ2v) is 6.33. The van der Waals surface area contributed by atoms with E-state index in [0.717, 1.165) is 50.9 Å². The highest BCUT2D eigenvalue weighted by molar-refractivity contribution is 5.75. The lowest BCUT2D eigenvalue weighted by atomic mass is 10.2. The average molecular weight is 342 g/mol. The molecule has 7 nitrogen and oxygen atoms in total. The van der Waals surface area contributed by atoms with Gasteiger partial charge in [-0.25, -0.2) is 9.97 Å². The van der Waals surface area contributed by atoms with Crippen LogP contribution in [0, 0.1) is 0 Å². The van der Waals surface area contributed by atoms with Gasteiger partial charge in [-0.05, 0) is 5.56 Å². The first kappa shape index (κ1) is 17.4. The first-order valence-electron chi connectivity index (χ1n) is 8.62. The van der Waals surface area contributed by atoms with Gasteiger partial charge in [-0.1, -0.05) is 30.3 Å². The standard InChI is InChI=1S/C18H26N6O/c1-22(13-15-5-3-2-4-6-15)17-16(19)18(21-14-20-17)24-9-7-23(8-10-24)11-12-25/h2-6,14,25H,7-13,19H2,1H3. The predicted octanol–water partition coefficient (Wildman–Crippen LogP) is 0.810. The van der Waals surface area contributed by atoms with Crippen molar-refractivity contribution in [1.29, 1.82) is 0 Å². The molecule has 0 bridgehead atoms. The Kier molecular flexibility index (Phi) is 5.67. The third kappa shape index (κ3) is 4.18. The first-order valence-corrected chi connectivity index (χ1v) is 8.62. The topological polar surface area (TPSA) is 81.8 Å². The van der Waals surface area contributed by atoms with E-state index in [2.05, 4.69) is 36.8 Å². The van der Waals surface area contributed by atoms with Crippen LogP contribution in [-0.4, -0.2) is 66.4 Å². The first-order chi connectivity index (χ1) is 12.2. The quantitative estimate of drug-likeness (QED) is 0.804. The predicted molar refractivity (Wildman–Crippen MR) is 101 cm³/mol. The highest BCUT2D eigenvalue weighted by Crippen LogP contribution is 2.29. The SMILES string of the molecule is CN(Cc1ccccc1)c1ncnc(N2CCN(CCO)CC2)c1N. The lowest BCUT2D eigenvalue weighted by Gasteiger charge is -2.35. The molecule has 2 heterocycles. The Hall–Kier alpha value is -2.38. The van der Waals surface area contributed by atoms with E-state index in [0.29, 0.717) is 5.69 Å². The second-order valence-electron chi connectivity index (χ2n) is 6.33. The van der Waals surface area contributed by atoms with Gasteiger partial charge >= 0.3 is 0 Å². The monoisotopic (exact) mass is 342 g/mol. The fourth-order valence-corrected chi connectivity index (χ4v) is 3.19. The summed E-state index contributed by atoms with van der Waals surface area (Å²) in [5.74, 6) is 1.56. The number of nitrogens with two attached hydrogens (primary N) is 1. The molecule has 7 heteroatoms. The van der Waals surface area contributed by atoms with Crippen molar-refractivity contribution >= 4 is 17.3 Å². The van der Waals surface area contributed by atoms with E-state index in [1.165, 1.54) is 5.56 Å². The fourth-order valence-electron chi connectivity index (χ4n) is 3.19. The maximum absolute atomic E-state index is 9.06. The maximum Gasteiger partial charge on any atom is 0.157 e. The molecule has 25 heavy (non-hydrogen) atoms. The summed E-state index contributed by atoms with van der Waals surface area (Å²) in [6, 6.07) is 10.3. The van der Waals surface area contributed by atoms with Gasteiger partial charge in [0.15, 0.2) is 11.6 Å². The molecule has 1 aromatic heterocycles. The van der Waals surface area contributed by atoms with Gasteiger partial charge in [-0.15, -0.1) is 0 Å². The Balaban J connectivity index is 1.72. The largest absolute Gasteiger partial charge is 0.395 e. The van der Waals surface area contributed by atoms with Crippen LogP contribution in [0.3, 0.4) is 0 Å². The molecule has 3 rings (SSSR count). The van der Waals surface area contributed by atoms with Crippen LogP contribution < -0.4 is 15.5 Å². The molecule has 0 saturated carbocycles. The van der Waals surface area contributed by atoms with Crippen LogP contribution in [0.25, 0.3) is 0 Å². The zero-order chi connectivity index (χ0) is 17.6. The number of anilines is 3. The van der Waals surface area contributed by atoms with Crippen LogP contribution in [0.4, 0.5) is 17.3 Å². The highest BCUT2D eigenvalue weighted by atomic mass is 16.3. The van der Waals surface area contributed by atoms with Crippen LogP contribution in [0.5, 0.6) is 0 Å². The summed E-state index contributed by atoms with van der Waals surface area (Å²) in [4.78, 5) is 15.3. The molecule has 1 aliphatic heterocycles. The summed E-state index contributed by atoms with van der Waals surface area (Å²) in [7, 11) is 1.99. The van der Waals surface area contributed by atoms with E-state index >= 15 is 0 Å². The van der Waals surface area contributed by atoms with Gasteiger partial charge in [0.05, 0.1) is 6.61 Å². The summed E-state index contributed by atoms with van der Waals surface area (Å²) < 4.78 is 0. The van der Waals surface area contributed by atoms with Crippen LogP contribution in [0.1, 0.15) is 5.56 Å². The summed E-state index contributed by atoms with van der Waals surface area (Å²) in [6.45, 7) is 5.17. The minimum atomic E-state index is 0.198. The van der Waals surface area contributed by atoms with E-state index in [1.807, 2.05) is 25.2 Å². The minimum absolute atomic E-state index is 0.198. The molecule has 1 aliphatic rings. The number of rotatable bonds is 6. The maximum atomic E-state index is 9.06. The Morgan fingerprint density at radius 1 is 1.12 bits per heavy atom. The molecule has 134 valence electrons. The smallest absolute Gasteiger partial charge is 0.157 e. The normalized spacial score (nSPS) is 15.4. The number of nitrogens with zero attached hydrogens (tertiary/aromatic N) is 5. The van der Waals surface area contributed by atoms with Crippen molar-refractivity contribution in [2.75, 3.05) is 61.9 Å². The number of β-amino-alcohol motifs (C(OH)–C–C–N with tert-alkyl or cyclic N) is 1. The Morgan fingerprint density at radius 2 is 1.84 bits per heavy atom. The Morgan fingerprint density at radius 3 is 2.52 bits per heavy atom. The van der Waals surface area contributed by atoms with E-state index < -0.39 is 0 Å². The van der Waals surface area contributed by atoms with Gasteiger partial charge in [-0.2, -0.15) is 0 Å². The van der Waals surface area contributed by atoms with Crippen molar-refractivity contribution in [3.8, 4) is 0 Å². The van der Waals surface area contributed by atoms with Crippen molar-refractivity contribution in [1.82, 2.24) is 14.9 Å². The lowest BCUT2D eigenvalue weighted by Crippen LogP contribution is -2.47. The Labute approximate surface area is 148 Å². The number of hydrogen-bond acceptors (Lipinski definition) is 7. The van der Waals surface area contributed by atoms with Gasteiger partial charge in [0.1, 0.15) is 12.0 Å². The molecular weight excluding hydrogens is 316 g/mol. The Bertz CT molecular complexity index is 673. The van der Waals surface area contributed by atoms with Crippen molar-refractivity contribution in [2.45, 2.75) is 6.54 Å². The summed E-state index contributed by atoms with van der Waals surface area (Å²) in [5.41, 5.74) is 8.23. The third-order valence-electron chi connectivity index (χ3n) is 4.55. The van der Waals surface area contributed by atoms with E-state index in [4.69, 9.17) is 10.8 Å². The van der Waals surface area contributed by atoms with Crippen LogP contribution in [0.15, 0.2) is 36.7 Å². The van der Waals surface area contributed by atoms with Gasteiger partial charge in [0, 0.05) is 46.3 Å². The molecule has 1 fully saturated rings. The zero-order valence-electron chi connectivity index (χ0n) is 14.7. The molecule has 0 unspecified atom stereocenters. The van der Waals surface area contributed by atoms with Crippen molar-refractivity contribution in [3.63, 3.8) is 0 Å². The molecule has 1 aromatic carbocycles. The van der Waals surface area contributed by atoms with E-state index in [-0.39, 0.29) is 6.61 Å². The van der Waals surface area contributed by atoms with Crippen LogP contribution >= 0.6 is 0 Å². The number of hydrogen-bond donors (Lipinski definition) is 2. The van der Waals surface area contributed by atoms with Gasteiger partial charge in [0.2, 0.25) is 0 Å². The number of benzene rings is 1. The summed E-state index contributed by atoms with van der Waals surface area (Å²) in [5, 5.41) is 9.06. The zero-order valence-corrected chi connectivity index (χ0v) is 14.7. The molecule has 0 atom stereocenters. The molecule has 2 aromatic rings. The number of aliphatic hydroxyl groups excluding tert-OH is 1. The summed E-state index contributed by atoms with van der Waals surface area (Å²) >= 11 is 0. The van der Waals surface area contributed by atoms with Gasteiger partial charge < -0.3 is 20.6 Å². The molecule has 3 N–H and O–H groups in total. The van der Waals surface area contributed by atoms with Gasteiger partial charge in [0.25, 0.3) is 0 Å². The lowest BCUT2D eigenvalue weighted by molar-refractivity contribution is 0.188. The van der Waals surface area contributed by atoms with Crippen molar-refractivity contribution in [2.24, 2.45) is 0 Å². The summed E-state index contributed by atoms with van der Waals surface area (Å²) in [6.07, 6.45) is 1.59.